The molecule has 0 fully saturated rings. The minimum atomic E-state index is -0.628. The molecule has 2 N–H and O–H groups in total. The maximum atomic E-state index is 10.5. The van der Waals surface area contributed by atoms with Crippen molar-refractivity contribution in [3.05, 3.63) is 22.1 Å². The van der Waals surface area contributed by atoms with Crippen molar-refractivity contribution in [2.24, 2.45) is 5.16 Å². The van der Waals surface area contributed by atoms with E-state index in [1.807, 2.05) is 0 Å². The quantitative estimate of drug-likeness (QED) is 0.297. The van der Waals surface area contributed by atoms with Gasteiger partial charge < -0.3 is 20.4 Å². The van der Waals surface area contributed by atoms with E-state index >= 15 is 0 Å². The number of nitro groups is 1. The predicted octanol–water partition coefficient (Wildman–Crippen LogP) is -0.408. The maximum Gasteiger partial charge on any atom is 0.343 e. The molecule has 76 valence electrons. The Morgan fingerprint density at radius 1 is 1.79 bits per heavy atom. The van der Waals surface area contributed by atoms with Crippen molar-refractivity contribution in [1.29, 1.82) is 0 Å². The summed E-state index contributed by atoms with van der Waals surface area (Å²) in [4.78, 5) is 13.5. The second kappa shape index (κ2) is 4.33. The zero-order valence-electron chi connectivity index (χ0n) is 7.07. The van der Waals surface area contributed by atoms with Crippen LogP contribution in [0.5, 0.6) is 0 Å². The first-order valence-electron chi connectivity index (χ1n) is 3.69. The molecule has 0 spiro atoms. The fourth-order valence-electron chi connectivity index (χ4n) is 1.01. The lowest BCUT2D eigenvalue weighted by molar-refractivity contribution is -0.392. The second-order valence-corrected chi connectivity index (χ2v) is 2.35. The molecule has 0 unspecified atom stereocenters. The normalized spacial score (nSPS) is 10.9. The Labute approximate surface area is 78.3 Å². The highest BCUT2D eigenvalue weighted by Gasteiger charge is 2.18. The van der Waals surface area contributed by atoms with E-state index in [0.717, 1.165) is 17.0 Å². The van der Waals surface area contributed by atoms with Crippen molar-refractivity contribution in [2.45, 2.75) is 6.54 Å². The standard InChI is InChI=1S/C6H8N4O4/c11-2-1-9-5(3-8-12)7-4-6(9)10(13)14/h3-4,11-12H,1-2H2. The average Bonchev–Trinajstić information content (AvgIpc) is 2.50. The molecule has 1 aromatic rings. The molecule has 8 heteroatoms. The van der Waals surface area contributed by atoms with Gasteiger partial charge in [0.2, 0.25) is 5.82 Å². The van der Waals surface area contributed by atoms with Gasteiger partial charge in [-0.1, -0.05) is 5.16 Å². The highest BCUT2D eigenvalue weighted by molar-refractivity contribution is 5.74. The van der Waals surface area contributed by atoms with Crippen molar-refractivity contribution in [2.75, 3.05) is 6.61 Å². The van der Waals surface area contributed by atoms with Crippen molar-refractivity contribution in [3.63, 3.8) is 0 Å². The lowest BCUT2D eigenvalue weighted by Gasteiger charge is -1.98. The van der Waals surface area contributed by atoms with Gasteiger partial charge >= 0.3 is 5.82 Å². The first-order valence-corrected chi connectivity index (χ1v) is 3.69. The van der Waals surface area contributed by atoms with Gasteiger partial charge in [0.15, 0.2) is 0 Å². The van der Waals surface area contributed by atoms with Gasteiger partial charge in [-0.3, -0.25) is 0 Å². The number of nitrogens with zero attached hydrogens (tertiary/aromatic N) is 4. The SMILES string of the molecule is O=[N+]([O-])c1cnc(C=NO)n1CCO. The van der Waals surface area contributed by atoms with Crippen molar-refractivity contribution >= 4 is 12.0 Å². The summed E-state index contributed by atoms with van der Waals surface area (Å²) in [5.74, 6) is -0.137. The summed E-state index contributed by atoms with van der Waals surface area (Å²) in [5.41, 5.74) is 0. The monoisotopic (exact) mass is 200 g/mol. The molecular weight excluding hydrogens is 192 g/mol. The number of rotatable bonds is 4. The lowest BCUT2D eigenvalue weighted by Crippen LogP contribution is -2.09. The van der Waals surface area contributed by atoms with Crippen LogP contribution in [-0.2, 0) is 6.54 Å². The summed E-state index contributed by atoms with van der Waals surface area (Å²) in [6, 6.07) is 0. The topological polar surface area (TPSA) is 114 Å². The molecule has 1 aromatic heterocycles. The Bertz CT molecular complexity index is 359. The molecule has 1 rings (SSSR count). The number of hydrogen-bond donors (Lipinski definition) is 2. The van der Waals surface area contributed by atoms with Gasteiger partial charge in [-0.15, -0.1) is 0 Å². The van der Waals surface area contributed by atoms with Gasteiger partial charge in [-0.05, 0) is 4.92 Å². The number of hydrogen-bond acceptors (Lipinski definition) is 6. The molecule has 0 atom stereocenters. The summed E-state index contributed by atoms with van der Waals surface area (Å²) in [6.45, 7) is -0.235. The number of aliphatic hydroxyl groups is 1. The second-order valence-electron chi connectivity index (χ2n) is 2.35. The van der Waals surface area contributed by atoms with E-state index in [-0.39, 0.29) is 24.8 Å². The smallest absolute Gasteiger partial charge is 0.343 e. The zero-order valence-corrected chi connectivity index (χ0v) is 7.07. The van der Waals surface area contributed by atoms with Gasteiger partial charge in [0, 0.05) is 0 Å². The van der Waals surface area contributed by atoms with E-state index in [1.54, 1.807) is 0 Å². The van der Waals surface area contributed by atoms with Crippen LogP contribution in [0.1, 0.15) is 5.82 Å². The molecule has 0 saturated heterocycles. The summed E-state index contributed by atoms with van der Waals surface area (Å²) in [5, 5.41) is 30.1. The Kier molecular flexibility index (Phi) is 3.13. The first kappa shape index (κ1) is 10.1. The van der Waals surface area contributed by atoms with Crippen LogP contribution in [0.2, 0.25) is 0 Å². The van der Waals surface area contributed by atoms with Crippen molar-refractivity contribution in [3.8, 4) is 0 Å². The highest BCUT2D eigenvalue weighted by atomic mass is 16.6. The van der Waals surface area contributed by atoms with E-state index < -0.39 is 4.92 Å². The summed E-state index contributed by atoms with van der Waals surface area (Å²) >= 11 is 0. The van der Waals surface area contributed by atoms with Crippen LogP contribution in [0.4, 0.5) is 5.82 Å². The van der Waals surface area contributed by atoms with Gasteiger partial charge in [0.1, 0.15) is 19.0 Å². The van der Waals surface area contributed by atoms with E-state index in [1.165, 1.54) is 0 Å². The van der Waals surface area contributed by atoms with Gasteiger partial charge in [0.05, 0.1) is 6.61 Å². The summed E-state index contributed by atoms with van der Waals surface area (Å²) < 4.78 is 1.14. The van der Waals surface area contributed by atoms with Crippen LogP contribution in [-0.4, -0.2) is 37.6 Å². The molecule has 0 radical (unpaired) electrons. The first-order chi connectivity index (χ1) is 6.70. The maximum absolute atomic E-state index is 10.5. The molecule has 0 aromatic carbocycles. The van der Waals surface area contributed by atoms with E-state index in [0.29, 0.717) is 0 Å². The van der Waals surface area contributed by atoms with Crippen LogP contribution < -0.4 is 0 Å². The Morgan fingerprint density at radius 3 is 3.00 bits per heavy atom. The molecule has 14 heavy (non-hydrogen) atoms. The largest absolute Gasteiger partial charge is 0.411 e. The number of aliphatic hydroxyl groups excluding tert-OH is 1. The van der Waals surface area contributed by atoms with Crippen LogP contribution in [0.25, 0.3) is 0 Å². The summed E-state index contributed by atoms with van der Waals surface area (Å²) in [6.07, 6.45) is 2.00. The average molecular weight is 200 g/mol. The van der Waals surface area contributed by atoms with Crippen molar-refractivity contribution in [1.82, 2.24) is 9.55 Å². The molecule has 0 saturated carbocycles. The Balaban J connectivity index is 3.12. The third kappa shape index (κ3) is 1.85. The van der Waals surface area contributed by atoms with Crippen LogP contribution in [0, 0.1) is 10.1 Å². The van der Waals surface area contributed by atoms with Gasteiger partial charge in [-0.25, -0.2) is 9.55 Å². The van der Waals surface area contributed by atoms with Crippen molar-refractivity contribution < 1.29 is 15.2 Å². The van der Waals surface area contributed by atoms with Crippen LogP contribution >= 0.6 is 0 Å². The summed E-state index contributed by atoms with van der Waals surface area (Å²) in [7, 11) is 0. The lowest BCUT2D eigenvalue weighted by atomic mass is 10.5. The number of oxime groups is 1. The predicted molar refractivity (Wildman–Crippen MR) is 45.3 cm³/mol. The van der Waals surface area contributed by atoms with E-state index in [2.05, 4.69) is 10.1 Å². The highest BCUT2D eigenvalue weighted by Crippen LogP contribution is 2.12. The molecule has 0 aliphatic carbocycles. The number of imidazole rings is 1. The minimum absolute atomic E-state index is 0.0255. The number of aromatic nitrogens is 2. The third-order valence-electron chi connectivity index (χ3n) is 1.55. The Morgan fingerprint density at radius 2 is 2.50 bits per heavy atom. The molecule has 8 nitrogen and oxygen atoms in total. The fourth-order valence-corrected chi connectivity index (χ4v) is 1.01. The molecule has 0 aliphatic heterocycles. The molecular formula is C6H8N4O4. The van der Waals surface area contributed by atoms with Gasteiger partial charge in [-0.2, -0.15) is 0 Å². The molecule has 0 bridgehead atoms. The molecule has 1 heterocycles. The van der Waals surface area contributed by atoms with Gasteiger partial charge in [0.25, 0.3) is 0 Å². The van der Waals surface area contributed by atoms with E-state index in [9.17, 15) is 10.1 Å². The van der Waals surface area contributed by atoms with Crippen LogP contribution in [0.3, 0.4) is 0 Å². The fraction of sp³-hybridized carbons (Fsp3) is 0.333. The molecule has 0 aliphatic rings. The Hall–Kier alpha value is -1.96. The van der Waals surface area contributed by atoms with E-state index in [4.69, 9.17) is 10.3 Å². The third-order valence-corrected chi connectivity index (χ3v) is 1.55. The molecule has 0 amide bonds. The zero-order chi connectivity index (χ0) is 10.6. The van der Waals surface area contributed by atoms with Crippen LogP contribution in [0.15, 0.2) is 11.4 Å². The minimum Gasteiger partial charge on any atom is -0.411 e.